The summed E-state index contributed by atoms with van der Waals surface area (Å²) in [5.74, 6) is -0.558. The summed E-state index contributed by atoms with van der Waals surface area (Å²) in [4.78, 5) is 12.7. The van der Waals surface area contributed by atoms with Crippen molar-refractivity contribution in [2.45, 2.75) is 128 Å². The molecule has 1 rings (SSSR count). The molecule has 0 spiro atoms. The number of hydrogen-bond donors (Lipinski definition) is 4. The van der Waals surface area contributed by atoms with Gasteiger partial charge in [0.2, 0.25) is 0 Å². The van der Waals surface area contributed by atoms with E-state index in [9.17, 15) is 28.5 Å². The van der Waals surface area contributed by atoms with Crippen molar-refractivity contribution in [3.8, 4) is 0 Å². The van der Waals surface area contributed by atoms with Crippen LogP contribution in [0.4, 0.5) is 0 Å². The second-order valence-electron chi connectivity index (χ2n) is 13.1. The molecule has 0 aromatic carbocycles. The van der Waals surface area contributed by atoms with E-state index in [0.29, 0.717) is 19.4 Å². The number of hydrogen-bond acceptors (Lipinski definition) is 11. The van der Waals surface area contributed by atoms with Gasteiger partial charge in [-0.05, 0) is 70.6 Å². The van der Waals surface area contributed by atoms with Crippen LogP contribution in [0, 0.1) is 0 Å². The summed E-state index contributed by atoms with van der Waals surface area (Å²) in [7, 11) is -5.09. The molecule has 0 bridgehead atoms. The molecule has 1 fully saturated rings. The molecule has 58 heavy (non-hydrogen) atoms. The molecule has 0 radical (unpaired) electrons. The minimum Gasteiger partial charge on any atom is -0.457 e. The zero-order valence-corrected chi connectivity index (χ0v) is 35.1. The van der Waals surface area contributed by atoms with Gasteiger partial charge in [0, 0.05) is 0 Å². The molecule has 0 aromatic rings. The number of aliphatic hydroxyl groups excluding tert-OH is 3. The molecule has 1 aliphatic rings. The first-order valence-corrected chi connectivity index (χ1v) is 21.7. The lowest BCUT2D eigenvalue weighted by Gasteiger charge is -2.41. The molecule has 6 atom stereocenters. The largest absolute Gasteiger partial charge is 0.457 e. The van der Waals surface area contributed by atoms with Gasteiger partial charge in [0.15, 0.2) is 6.29 Å². The Bertz CT molecular complexity index is 1470. The molecule has 13 heteroatoms. The number of ether oxygens (including phenoxy) is 4. The van der Waals surface area contributed by atoms with E-state index in [0.717, 1.165) is 57.8 Å². The zero-order chi connectivity index (χ0) is 42.5. The van der Waals surface area contributed by atoms with Gasteiger partial charge in [0.25, 0.3) is 0 Å². The van der Waals surface area contributed by atoms with Crippen molar-refractivity contribution in [1.29, 1.82) is 0 Å². The van der Waals surface area contributed by atoms with Crippen LogP contribution in [0.2, 0.25) is 0 Å². The number of carbonyl (C=O) groups excluding carboxylic acids is 1. The molecule has 4 N–H and O–H groups in total. The van der Waals surface area contributed by atoms with Crippen molar-refractivity contribution in [2.24, 2.45) is 0 Å². The van der Waals surface area contributed by atoms with E-state index >= 15 is 0 Å². The lowest BCUT2D eigenvalue weighted by molar-refractivity contribution is -0.301. The molecule has 0 saturated carbocycles. The summed E-state index contributed by atoms with van der Waals surface area (Å²) in [5.41, 5.74) is 0. The van der Waals surface area contributed by atoms with E-state index < -0.39 is 59.8 Å². The lowest BCUT2D eigenvalue weighted by atomic mass is 9.99. The molecule has 1 heterocycles. The Labute approximate surface area is 347 Å². The van der Waals surface area contributed by atoms with Crippen LogP contribution in [0.3, 0.4) is 0 Å². The van der Waals surface area contributed by atoms with Crippen molar-refractivity contribution in [3.63, 3.8) is 0 Å². The highest BCUT2D eigenvalue weighted by molar-refractivity contribution is 7.80. The zero-order valence-electron chi connectivity index (χ0n) is 34.3. The Morgan fingerprint density at radius 1 is 0.638 bits per heavy atom. The van der Waals surface area contributed by atoms with Crippen LogP contribution in [0.15, 0.2) is 122 Å². The third-order valence-corrected chi connectivity index (χ3v) is 8.60. The Morgan fingerprint density at radius 2 is 1.07 bits per heavy atom. The average Bonchev–Trinajstić information content (AvgIpc) is 3.19. The van der Waals surface area contributed by atoms with Crippen LogP contribution in [-0.4, -0.2) is 97.5 Å². The third-order valence-electron chi connectivity index (χ3n) is 8.13. The second kappa shape index (κ2) is 35.4. The van der Waals surface area contributed by atoms with E-state index in [1.807, 2.05) is 30.4 Å². The fourth-order valence-electron chi connectivity index (χ4n) is 5.16. The Hall–Kier alpha value is -3.50. The summed E-state index contributed by atoms with van der Waals surface area (Å²) in [6.45, 7) is 3.36. The highest BCUT2D eigenvalue weighted by atomic mass is 32.3. The maximum atomic E-state index is 12.7. The van der Waals surface area contributed by atoms with Gasteiger partial charge in [-0.15, -0.1) is 0 Å². The van der Waals surface area contributed by atoms with Crippen LogP contribution in [0.5, 0.6) is 0 Å². The van der Waals surface area contributed by atoms with E-state index in [1.165, 1.54) is 0 Å². The van der Waals surface area contributed by atoms with Gasteiger partial charge in [0.1, 0.15) is 30.5 Å². The van der Waals surface area contributed by atoms with Gasteiger partial charge in [-0.2, -0.15) is 8.42 Å². The Morgan fingerprint density at radius 3 is 1.50 bits per heavy atom. The number of allylic oxidation sites excluding steroid dienone is 18. The van der Waals surface area contributed by atoms with Crippen LogP contribution >= 0.6 is 0 Å². The monoisotopic (exact) mass is 832 g/mol. The predicted molar refractivity (Wildman–Crippen MR) is 229 cm³/mol. The number of carbonyl (C=O) groups is 1. The van der Waals surface area contributed by atoms with Crippen molar-refractivity contribution in [2.75, 3.05) is 26.4 Å². The molecule has 1 aliphatic heterocycles. The molecule has 0 amide bonds. The molecule has 12 nitrogen and oxygen atoms in total. The highest BCUT2D eigenvalue weighted by Crippen LogP contribution is 2.26. The van der Waals surface area contributed by atoms with Crippen molar-refractivity contribution >= 4 is 16.4 Å². The second-order valence-corrected chi connectivity index (χ2v) is 14.2. The standard InChI is InChI=1S/C45H68O12S/c1-3-5-7-9-11-13-15-17-19-21-23-25-27-29-31-33-35-53-37-39(38-54-45-43(49)44(57-58(50,51)52)42(48)40(36-46)56-45)55-41(47)34-32-30-28-26-24-22-20-18-16-14-12-10-8-6-4-2/h5-8,11-14,17-20,23-26,29-32,39-40,42-46,48-49H,3-4,9-10,15-16,21-22,27-28,33-38H2,1-2H3,(H,50,51,52)/b7-5-,8-6-,13-11-,14-12-,19-17-,20-18-,25-23-,26-24-,31-29-,32-30-. The topological polar surface area (TPSA) is 178 Å². The molecule has 6 unspecified atom stereocenters. The molecule has 0 aromatic heterocycles. The fourth-order valence-corrected chi connectivity index (χ4v) is 5.67. The lowest BCUT2D eigenvalue weighted by Crippen LogP contribution is -2.60. The smallest absolute Gasteiger partial charge is 0.397 e. The van der Waals surface area contributed by atoms with Crippen LogP contribution < -0.4 is 0 Å². The normalized spacial score (nSPS) is 21.8. The summed E-state index contributed by atoms with van der Waals surface area (Å²) >= 11 is 0. The molecular formula is C45H68O12S. The van der Waals surface area contributed by atoms with E-state index in [2.05, 4.69) is 103 Å². The molecular weight excluding hydrogens is 765 g/mol. The van der Waals surface area contributed by atoms with Gasteiger partial charge in [0.05, 0.1) is 32.8 Å². The van der Waals surface area contributed by atoms with Gasteiger partial charge in [-0.1, -0.05) is 135 Å². The minimum atomic E-state index is -5.09. The number of rotatable bonds is 32. The SMILES string of the molecule is CC/C=C\C/C=C\C/C=C\C/C=C\C/C=C\CCOCC(COC1OC(CO)C(O)C(OS(=O)(=O)O)C1O)OC(=O)C/C=C\C/C=C\C/C=C\C/C=C\C/C=C\CC. The molecule has 326 valence electrons. The Kier molecular flexibility index (Phi) is 32.1. The van der Waals surface area contributed by atoms with Crippen LogP contribution in [-0.2, 0) is 38.3 Å². The summed E-state index contributed by atoms with van der Waals surface area (Å²) in [5, 5.41) is 30.6. The van der Waals surface area contributed by atoms with Crippen molar-refractivity contribution in [1.82, 2.24) is 0 Å². The fraction of sp³-hybridized carbons (Fsp3) is 0.533. The maximum absolute atomic E-state index is 12.7. The number of esters is 1. The van der Waals surface area contributed by atoms with E-state index in [-0.39, 0.29) is 19.6 Å². The van der Waals surface area contributed by atoms with Crippen LogP contribution in [0.1, 0.15) is 90.9 Å². The van der Waals surface area contributed by atoms with Crippen molar-refractivity contribution < 1.29 is 56.2 Å². The van der Waals surface area contributed by atoms with Gasteiger partial charge in [-0.3, -0.25) is 9.35 Å². The quantitative estimate of drug-likeness (QED) is 0.0224. The minimum absolute atomic E-state index is 0.0182. The first-order chi connectivity index (χ1) is 28.1. The Balaban J connectivity index is 2.62. The van der Waals surface area contributed by atoms with Gasteiger partial charge in [-0.25, -0.2) is 4.18 Å². The first kappa shape index (κ1) is 52.5. The highest BCUT2D eigenvalue weighted by Gasteiger charge is 2.48. The predicted octanol–water partition coefficient (Wildman–Crippen LogP) is 7.84. The van der Waals surface area contributed by atoms with Gasteiger partial charge >= 0.3 is 16.4 Å². The number of aliphatic hydroxyl groups is 3. The molecule has 1 saturated heterocycles. The maximum Gasteiger partial charge on any atom is 0.397 e. The summed E-state index contributed by atoms with van der Waals surface area (Å²) < 4.78 is 58.6. The summed E-state index contributed by atoms with van der Waals surface area (Å²) in [6, 6.07) is 0. The first-order valence-electron chi connectivity index (χ1n) is 20.3. The molecule has 0 aliphatic carbocycles. The van der Waals surface area contributed by atoms with Gasteiger partial charge < -0.3 is 34.3 Å². The van der Waals surface area contributed by atoms with E-state index in [1.54, 1.807) is 6.08 Å². The average molecular weight is 833 g/mol. The third kappa shape index (κ3) is 28.8. The summed E-state index contributed by atoms with van der Waals surface area (Å²) in [6.07, 6.45) is 41.5. The van der Waals surface area contributed by atoms with Crippen molar-refractivity contribution in [3.05, 3.63) is 122 Å². The van der Waals surface area contributed by atoms with Crippen LogP contribution in [0.25, 0.3) is 0 Å². The van der Waals surface area contributed by atoms with E-state index in [4.69, 9.17) is 23.5 Å².